The Labute approximate surface area is 82.3 Å². The molecule has 74 valence electrons. The maximum atomic E-state index is 5.82. The molecule has 13 heavy (non-hydrogen) atoms. The van der Waals surface area contributed by atoms with E-state index in [1.807, 2.05) is 13.8 Å². The Balaban J connectivity index is 2.28. The number of nitrogens with zero attached hydrogens (tertiary/aromatic N) is 2. The molecule has 2 N–H and O–H groups in total. The quantitative estimate of drug-likeness (QED) is 0.796. The first-order valence-corrected chi connectivity index (χ1v) is 5.28. The second kappa shape index (κ2) is 4.11. The highest BCUT2D eigenvalue weighted by atomic mass is 32.2. The van der Waals surface area contributed by atoms with Crippen LogP contribution >= 0.6 is 11.8 Å². The Morgan fingerprint density at radius 3 is 2.62 bits per heavy atom. The minimum Gasteiger partial charge on any atom is -0.425 e. The summed E-state index contributed by atoms with van der Waals surface area (Å²) in [5, 5.41) is 7.63. The summed E-state index contributed by atoms with van der Waals surface area (Å²) in [7, 11) is 0. The van der Waals surface area contributed by atoms with Crippen molar-refractivity contribution in [2.75, 3.05) is 5.75 Å². The van der Waals surface area contributed by atoms with Crippen molar-refractivity contribution in [3.05, 3.63) is 11.8 Å². The van der Waals surface area contributed by atoms with Gasteiger partial charge in [0.2, 0.25) is 11.8 Å². The van der Waals surface area contributed by atoms with Crippen molar-refractivity contribution >= 4 is 11.8 Å². The molecule has 0 saturated carbocycles. The summed E-state index contributed by atoms with van der Waals surface area (Å²) in [4.78, 5) is 0. The zero-order valence-corrected chi connectivity index (χ0v) is 9.02. The topological polar surface area (TPSA) is 64.9 Å². The van der Waals surface area contributed by atoms with Crippen molar-refractivity contribution in [2.45, 2.75) is 32.1 Å². The molecule has 0 unspecified atom stereocenters. The summed E-state index contributed by atoms with van der Waals surface area (Å²) in [6.45, 7) is 5.78. The van der Waals surface area contributed by atoms with E-state index in [9.17, 15) is 0 Å². The lowest BCUT2D eigenvalue weighted by molar-refractivity contribution is 0.485. The highest BCUT2D eigenvalue weighted by Gasteiger charge is 2.11. The average molecular weight is 201 g/mol. The van der Waals surface area contributed by atoms with Crippen molar-refractivity contribution in [3.63, 3.8) is 0 Å². The molecule has 0 amide bonds. The van der Waals surface area contributed by atoms with Gasteiger partial charge in [-0.3, -0.25) is 0 Å². The van der Waals surface area contributed by atoms with Crippen LogP contribution in [0.4, 0.5) is 0 Å². The van der Waals surface area contributed by atoms with E-state index in [4.69, 9.17) is 10.2 Å². The van der Waals surface area contributed by atoms with Crippen LogP contribution < -0.4 is 5.73 Å². The fourth-order valence-corrected chi connectivity index (χ4v) is 1.72. The lowest BCUT2D eigenvalue weighted by Gasteiger charge is -2.16. The van der Waals surface area contributed by atoms with Gasteiger partial charge in [-0.2, -0.15) is 11.8 Å². The Kier molecular flexibility index (Phi) is 3.33. The van der Waals surface area contributed by atoms with Crippen molar-refractivity contribution in [1.29, 1.82) is 0 Å². The van der Waals surface area contributed by atoms with Gasteiger partial charge in [-0.15, -0.1) is 10.2 Å². The third kappa shape index (κ3) is 4.28. The average Bonchev–Trinajstić information content (AvgIpc) is 2.33. The van der Waals surface area contributed by atoms with Crippen LogP contribution in [0.3, 0.4) is 0 Å². The van der Waals surface area contributed by atoms with Gasteiger partial charge < -0.3 is 10.2 Å². The molecule has 0 aliphatic heterocycles. The molecule has 0 saturated heterocycles. The Morgan fingerprint density at radius 2 is 2.15 bits per heavy atom. The maximum Gasteiger partial charge on any atom is 0.226 e. The molecule has 0 aliphatic rings. The van der Waals surface area contributed by atoms with Crippen LogP contribution in [-0.2, 0) is 5.75 Å². The van der Waals surface area contributed by atoms with E-state index in [0.717, 1.165) is 11.5 Å². The predicted molar refractivity (Wildman–Crippen MR) is 53.5 cm³/mol. The van der Waals surface area contributed by atoms with E-state index < -0.39 is 0 Å². The zero-order valence-electron chi connectivity index (χ0n) is 8.20. The molecule has 5 heteroatoms. The third-order valence-electron chi connectivity index (χ3n) is 1.27. The first-order chi connectivity index (χ1) is 5.97. The molecule has 0 fully saturated rings. The fourth-order valence-electron chi connectivity index (χ4n) is 0.797. The number of aryl methyl sites for hydroxylation is 1. The molecule has 0 atom stereocenters. The van der Waals surface area contributed by atoms with E-state index >= 15 is 0 Å². The summed E-state index contributed by atoms with van der Waals surface area (Å²) in [6, 6.07) is 0. The van der Waals surface area contributed by atoms with Crippen LogP contribution in [0.25, 0.3) is 0 Å². The minimum absolute atomic E-state index is 0.139. The highest BCUT2D eigenvalue weighted by Crippen LogP contribution is 2.15. The lowest BCUT2D eigenvalue weighted by Crippen LogP contribution is -2.34. The van der Waals surface area contributed by atoms with Gasteiger partial charge >= 0.3 is 0 Å². The van der Waals surface area contributed by atoms with Gasteiger partial charge in [0.25, 0.3) is 0 Å². The third-order valence-corrected chi connectivity index (χ3v) is 2.67. The normalized spacial score (nSPS) is 12.0. The SMILES string of the molecule is Cc1nnc(CSCC(C)(C)N)o1. The van der Waals surface area contributed by atoms with Gasteiger partial charge in [0.1, 0.15) is 0 Å². The molecule has 0 radical (unpaired) electrons. The number of hydrogen-bond acceptors (Lipinski definition) is 5. The summed E-state index contributed by atoms with van der Waals surface area (Å²) in [5.41, 5.74) is 5.68. The maximum absolute atomic E-state index is 5.82. The van der Waals surface area contributed by atoms with Gasteiger partial charge in [-0.25, -0.2) is 0 Å². The monoisotopic (exact) mass is 201 g/mol. The largest absolute Gasteiger partial charge is 0.425 e. The predicted octanol–water partition coefficient (Wildman–Crippen LogP) is 1.35. The number of nitrogens with two attached hydrogens (primary N) is 1. The van der Waals surface area contributed by atoms with Crippen LogP contribution in [0, 0.1) is 6.92 Å². The van der Waals surface area contributed by atoms with Crippen LogP contribution in [0.2, 0.25) is 0 Å². The molecule has 0 aliphatic carbocycles. The molecular formula is C8H15N3OS. The van der Waals surface area contributed by atoms with Crippen LogP contribution in [-0.4, -0.2) is 21.5 Å². The summed E-state index contributed by atoms with van der Waals surface area (Å²) < 4.78 is 5.21. The zero-order chi connectivity index (χ0) is 9.90. The molecule has 1 aromatic rings. The van der Waals surface area contributed by atoms with E-state index in [-0.39, 0.29) is 5.54 Å². The molecule has 1 rings (SSSR count). The smallest absolute Gasteiger partial charge is 0.226 e. The minimum atomic E-state index is -0.139. The van der Waals surface area contributed by atoms with E-state index in [1.54, 1.807) is 18.7 Å². The first kappa shape index (κ1) is 10.5. The molecular weight excluding hydrogens is 186 g/mol. The molecule has 4 nitrogen and oxygen atoms in total. The number of thioether (sulfide) groups is 1. The van der Waals surface area contributed by atoms with Gasteiger partial charge in [-0.05, 0) is 13.8 Å². The summed E-state index contributed by atoms with van der Waals surface area (Å²) in [6.07, 6.45) is 0. The van der Waals surface area contributed by atoms with Crippen LogP contribution in [0.5, 0.6) is 0 Å². The van der Waals surface area contributed by atoms with Crippen molar-refractivity contribution in [3.8, 4) is 0 Å². The highest BCUT2D eigenvalue weighted by molar-refractivity contribution is 7.98. The van der Waals surface area contributed by atoms with E-state index in [2.05, 4.69) is 10.2 Å². The van der Waals surface area contributed by atoms with Gasteiger partial charge in [0, 0.05) is 18.2 Å². The molecule has 0 bridgehead atoms. The number of hydrogen-bond donors (Lipinski definition) is 1. The van der Waals surface area contributed by atoms with E-state index in [0.29, 0.717) is 11.8 Å². The summed E-state index contributed by atoms with van der Waals surface area (Å²) >= 11 is 1.71. The lowest BCUT2D eigenvalue weighted by atomic mass is 10.1. The van der Waals surface area contributed by atoms with Crippen molar-refractivity contribution in [2.24, 2.45) is 5.73 Å². The first-order valence-electron chi connectivity index (χ1n) is 4.13. The van der Waals surface area contributed by atoms with Crippen molar-refractivity contribution in [1.82, 2.24) is 10.2 Å². The molecule has 1 heterocycles. The van der Waals surface area contributed by atoms with Gasteiger partial charge in [0.05, 0.1) is 5.75 Å². The van der Waals surface area contributed by atoms with E-state index in [1.165, 1.54) is 0 Å². The van der Waals surface area contributed by atoms with Crippen molar-refractivity contribution < 1.29 is 4.42 Å². The second-order valence-corrected chi connectivity index (χ2v) is 4.68. The Hall–Kier alpha value is -0.550. The standard InChI is InChI=1S/C8H15N3OS/c1-6-10-11-7(12-6)4-13-5-8(2,3)9/h4-5,9H2,1-3H3. The Bertz CT molecular complexity index is 267. The molecule has 0 aromatic carbocycles. The molecule has 1 aromatic heterocycles. The fraction of sp³-hybridized carbons (Fsp3) is 0.750. The van der Waals surface area contributed by atoms with Gasteiger partial charge in [-0.1, -0.05) is 0 Å². The van der Waals surface area contributed by atoms with Crippen LogP contribution in [0.15, 0.2) is 4.42 Å². The summed E-state index contributed by atoms with van der Waals surface area (Å²) in [5.74, 6) is 2.91. The van der Waals surface area contributed by atoms with Gasteiger partial charge in [0.15, 0.2) is 0 Å². The van der Waals surface area contributed by atoms with Crippen LogP contribution in [0.1, 0.15) is 25.6 Å². The number of aromatic nitrogens is 2. The Morgan fingerprint density at radius 1 is 1.46 bits per heavy atom. The second-order valence-electron chi connectivity index (χ2n) is 3.70. The number of rotatable bonds is 4. The molecule has 0 spiro atoms.